The number of aromatic nitrogens is 4. The Morgan fingerprint density at radius 1 is 1.19 bits per heavy atom. The molecule has 0 unspecified atom stereocenters. The van der Waals surface area contributed by atoms with Gasteiger partial charge in [-0.1, -0.05) is 30.0 Å². The number of benzene rings is 2. The number of hydrogen-bond donors (Lipinski definition) is 0. The van der Waals surface area contributed by atoms with Gasteiger partial charge in [0.2, 0.25) is 5.16 Å². The maximum atomic E-state index is 11.9. The van der Waals surface area contributed by atoms with Crippen molar-refractivity contribution >= 4 is 22.7 Å². The van der Waals surface area contributed by atoms with Crippen LogP contribution in [0.2, 0.25) is 0 Å². The first-order valence-corrected chi connectivity index (χ1v) is 9.22. The maximum Gasteiger partial charge on any atom is 0.336 e. The molecule has 0 bridgehead atoms. The zero-order chi connectivity index (χ0) is 18.8. The van der Waals surface area contributed by atoms with E-state index in [1.165, 1.54) is 17.8 Å². The second-order valence-electron chi connectivity index (χ2n) is 5.90. The summed E-state index contributed by atoms with van der Waals surface area (Å²) in [5, 5.41) is 13.5. The van der Waals surface area contributed by atoms with E-state index < -0.39 is 5.63 Å². The molecule has 0 aliphatic heterocycles. The van der Waals surface area contributed by atoms with E-state index in [1.54, 1.807) is 17.9 Å². The maximum absolute atomic E-state index is 11.9. The van der Waals surface area contributed by atoms with Gasteiger partial charge in [0.1, 0.15) is 11.3 Å². The smallest absolute Gasteiger partial charge is 0.336 e. The summed E-state index contributed by atoms with van der Waals surface area (Å²) in [4.78, 5) is 11.9. The molecule has 4 rings (SSSR count). The van der Waals surface area contributed by atoms with E-state index in [2.05, 4.69) is 15.5 Å². The van der Waals surface area contributed by atoms with Crippen LogP contribution in [0.3, 0.4) is 0 Å². The fraction of sp³-hybridized carbons (Fsp3) is 0.158. The highest BCUT2D eigenvalue weighted by Crippen LogP contribution is 2.28. The third-order valence-corrected chi connectivity index (χ3v) is 5.15. The minimum Gasteiger partial charge on any atom is -0.497 e. The van der Waals surface area contributed by atoms with Crippen molar-refractivity contribution in [2.45, 2.75) is 17.8 Å². The number of aryl methyl sites for hydroxylation is 1. The molecule has 2 aromatic heterocycles. The molecule has 7 nitrogen and oxygen atoms in total. The van der Waals surface area contributed by atoms with Crippen LogP contribution in [-0.2, 0) is 5.75 Å². The minimum absolute atomic E-state index is 0.398. The van der Waals surface area contributed by atoms with Gasteiger partial charge in [0.15, 0.2) is 0 Å². The summed E-state index contributed by atoms with van der Waals surface area (Å²) in [5.74, 6) is 1.17. The molecule has 136 valence electrons. The fourth-order valence-corrected chi connectivity index (χ4v) is 3.69. The highest BCUT2D eigenvalue weighted by Gasteiger charge is 2.13. The second kappa shape index (κ2) is 7.24. The molecular weight excluding hydrogens is 364 g/mol. The lowest BCUT2D eigenvalue weighted by molar-refractivity contribution is 0.414. The number of nitrogens with zero attached hydrogens (tertiary/aromatic N) is 4. The molecule has 0 amide bonds. The molecule has 2 aromatic carbocycles. The predicted octanol–water partition coefficient (Wildman–Crippen LogP) is 3.38. The second-order valence-corrected chi connectivity index (χ2v) is 6.84. The first kappa shape index (κ1) is 17.3. The van der Waals surface area contributed by atoms with E-state index in [1.807, 2.05) is 43.3 Å². The molecule has 0 saturated carbocycles. The Morgan fingerprint density at radius 3 is 2.85 bits per heavy atom. The normalized spacial score (nSPS) is 11.0. The molecule has 0 atom stereocenters. The molecular formula is C19H16N4O3S. The van der Waals surface area contributed by atoms with Gasteiger partial charge in [0, 0.05) is 23.3 Å². The molecule has 0 fully saturated rings. The summed E-state index contributed by atoms with van der Waals surface area (Å²) in [6.07, 6.45) is 0. The average Bonchev–Trinajstić information content (AvgIpc) is 3.14. The van der Waals surface area contributed by atoms with Gasteiger partial charge in [-0.15, -0.1) is 5.10 Å². The molecule has 8 heteroatoms. The van der Waals surface area contributed by atoms with Crippen molar-refractivity contribution in [3.63, 3.8) is 0 Å². The summed E-state index contributed by atoms with van der Waals surface area (Å²) in [6, 6.07) is 14.8. The van der Waals surface area contributed by atoms with Crippen LogP contribution >= 0.6 is 11.8 Å². The zero-order valence-electron chi connectivity index (χ0n) is 14.7. The van der Waals surface area contributed by atoms with Gasteiger partial charge in [-0.2, -0.15) is 4.68 Å². The number of fused-ring (bicyclic) bond motifs is 1. The van der Waals surface area contributed by atoms with Crippen LogP contribution in [0.1, 0.15) is 11.1 Å². The van der Waals surface area contributed by atoms with Crippen molar-refractivity contribution in [1.82, 2.24) is 20.2 Å². The van der Waals surface area contributed by atoms with Crippen LogP contribution in [0.15, 0.2) is 62.9 Å². The van der Waals surface area contributed by atoms with Crippen LogP contribution in [0.25, 0.3) is 16.7 Å². The molecule has 2 heterocycles. The zero-order valence-corrected chi connectivity index (χ0v) is 15.6. The number of tetrazole rings is 1. The van der Waals surface area contributed by atoms with Gasteiger partial charge in [-0.25, -0.2) is 4.79 Å². The SMILES string of the molecule is COc1ccc2c(CSc3nnnn3-c3ccccc3C)cc(=O)oc2c1. The summed E-state index contributed by atoms with van der Waals surface area (Å²) < 4.78 is 12.2. The largest absolute Gasteiger partial charge is 0.497 e. The van der Waals surface area contributed by atoms with Gasteiger partial charge < -0.3 is 9.15 Å². The van der Waals surface area contributed by atoms with Crippen molar-refractivity contribution < 1.29 is 9.15 Å². The molecule has 4 aromatic rings. The van der Waals surface area contributed by atoms with Gasteiger partial charge >= 0.3 is 5.63 Å². The Bertz CT molecular complexity index is 1170. The van der Waals surface area contributed by atoms with Crippen molar-refractivity contribution in [2.75, 3.05) is 7.11 Å². The van der Waals surface area contributed by atoms with Gasteiger partial charge in [0.25, 0.3) is 0 Å². The van der Waals surface area contributed by atoms with E-state index in [4.69, 9.17) is 9.15 Å². The highest BCUT2D eigenvalue weighted by atomic mass is 32.2. The number of ether oxygens (including phenoxy) is 1. The topological polar surface area (TPSA) is 83.0 Å². The van der Waals surface area contributed by atoms with Crippen molar-refractivity contribution in [3.05, 3.63) is 70.1 Å². The van der Waals surface area contributed by atoms with Crippen molar-refractivity contribution in [2.24, 2.45) is 0 Å². The Labute approximate surface area is 159 Å². The van der Waals surface area contributed by atoms with Gasteiger partial charge in [-0.3, -0.25) is 0 Å². The minimum atomic E-state index is -0.398. The first-order chi connectivity index (χ1) is 13.2. The standard InChI is InChI=1S/C19H16N4O3S/c1-12-5-3-4-6-16(12)23-19(20-21-22-23)27-11-13-9-18(24)26-17-10-14(25-2)7-8-15(13)17/h3-10H,11H2,1-2H3. The lowest BCUT2D eigenvalue weighted by atomic mass is 10.1. The Morgan fingerprint density at radius 2 is 2.04 bits per heavy atom. The van der Waals surface area contributed by atoms with E-state index in [9.17, 15) is 4.79 Å². The number of methoxy groups -OCH3 is 1. The number of thioether (sulfide) groups is 1. The van der Waals surface area contributed by atoms with E-state index in [0.29, 0.717) is 22.2 Å². The first-order valence-electron chi connectivity index (χ1n) is 8.23. The molecule has 0 radical (unpaired) electrons. The Balaban J connectivity index is 1.67. The third-order valence-electron chi connectivity index (χ3n) is 4.18. The molecule has 27 heavy (non-hydrogen) atoms. The monoisotopic (exact) mass is 380 g/mol. The average molecular weight is 380 g/mol. The van der Waals surface area contributed by atoms with Crippen molar-refractivity contribution in [1.29, 1.82) is 0 Å². The van der Waals surface area contributed by atoms with Crippen LogP contribution < -0.4 is 10.4 Å². The summed E-state index contributed by atoms with van der Waals surface area (Å²) in [7, 11) is 1.57. The van der Waals surface area contributed by atoms with Crippen molar-refractivity contribution in [3.8, 4) is 11.4 Å². The lowest BCUT2D eigenvalue weighted by Crippen LogP contribution is -2.03. The predicted molar refractivity (Wildman–Crippen MR) is 102 cm³/mol. The van der Waals surface area contributed by atoms with Crippen LogP contribution in [-0.4, -0.2) is 27.3 Å². The Hall–Kier alpha value is -3.13. The van der Waals surface area contributed by atoms with E-state index >= 15 is 0 Å². The molecule has 0 spiro atoms. The quantitative estimate of drug-likeness (QED) is 0.388. The summed E-state index contributed by atoms with van der Waals surface area (Å²) in [6.45, 7) is 2.01. The highest BCUT2D eigenvalue weighted by molar-refractivity contribution is 7.98. The molecule has 0 aliphatic carbocycles. The number of hydrogen-bond acceptors (Lipinski definition) is 7. The van der Waals surface area contributed by atoms with Crippen LogP contribution in [0, 0.1) is 6.92 Å². The van der Waals surface area contributed by atoms with Gasteiger partial charge in [0.05, 0.1) is 12.8 Å². The lowest BCUT2D eigenvalue weighted by Gasteiger charge is -2.08. The fourth-order valence-electron chi connectivity index (χ4n) is 2.82. The van der Waals surface area contributed by atoms with Gasteiger partial charge in [-0.05, 0) is 46.7 Å². The third kappa shape index (κ3) is 3.43. The van der Waals surface area contributed by atoms with Crippen LogP contribution in [0.4, 0.5) is 0 Å². The molecule has 0 N–H and O–H groups in total. The van der Waals surface area contributed by atoms with Crippen LogP contribution in [0.5, 0.6) is 5.75 Å². The molecule has 0 aliphatic rings. The molecule has 0 saturated heterocycles. The summed E-state index contributed by atoms with van der Waals surface area (Å²) >= 11 is 1.46. The Kier molecular flexibility index (Phi) is 4.64. The summed E-state index contributed by atoms with van der Waals surface area (Å²) in [5.41, 5.74) is 2.95. The number of para-hydroxylation sites is 1. The van der Waals surface area contributed by atoms with E-state index in [0.717, 1.165) is 22.2 Å². The number of rotatable bonds is 5. The van der Waals surface area contributed by atoms with E-state index in [-0.39, 0.29) is 0 Å².